The molecule has 1 aromatic rings. The van der Waals surface area contributed by atoms with Gasteiger partial charge in [-0.25, -0.2) is 4.79 Å². The zero-order chi connectivity index (χ0) is 16.9. The van der Waals surface area contributed by atoms with Gasteiger partial charge < -0.3 is 20.1 Å². The molecule has 1 aliphatic rings. The summed E-state index contributed by atoms with van der Waals surface area (Å²) in [6.07, 6.45) is 1.37. The lowest BCUT2D eigenvalue weighted by atomic mass is 9.86. The standard InChI is InChI=1S/C17H23N3O3/c1-17(2,3)23-16(21)20-14-10-13(11-14)19-12-4-6-15(7-5-12)22-9-8-18/h4-7,13-14,19H,9-11H2,1-3H3,(H,20,21). The van der Waals surface area contributed by atoms with Crippen molar-refractivity contribution in [2.75, 3.05) is 11.9 Å². The predicted molar refractivity (Wildman–Crippen MR) is 87.4 cm³/mol. The van der Waals surface area contributed by atoms with Crippen LogP contribution in [0.2, 0.25) is 0 Å². The van der Waals surface area contributed by atoms with E-state index in [1.807, 2.05) is 51.1 Å². The van der Waals surface area contributed by atoms with Gasteiger partial charge >= 0.3 is 6.09 Å². The lowest BCUT2D eigenvalue weighted by Crippen LogP contribution is -2.50. The Bertz CT molecular complexity index is 566. The molecular weight excluding hydrogens is 294 g/mol. The molecule has 6 heteroatoms. The van der Waals surface area contributed by atoms with Gasteiger partial charge in [0.05, 0.1) is 0 Å². The maximum absolute atomic E-state index is 11.7. The van der Waals surface area contributed by atoms with E-state index >= 15 is 0 Å². The smallest absolute Gasteiger partial charge is 0.407 e. The maximum Gasteiger partial charge on any atom is 0.407 e. The number of ether oxygens (including phenoxy) is 2. The molecule has 1 saturated carbocycles. The van der Waals surface area contributed by atoms with Crippen molar-refractivity contribution in [1.82, 2.24) is 5.32 Å². The molecule has 0 aromatic heterocycles. The summed E-state index contributed by atoms with van der Waals surface area (Å²) in [6.45, 7) is 5.60. The van der Waals surface area contributed by atoms with Crippen molar-refractivity contribution in [2.24, 2.45) is 0 Å². The van der Waals surface area contributed by atoms with Gasteiger partial charge in [-0.2, -0.15) is 5.26 Å². The van der Waals surface area contributed by atoms with E-state index < -0.39 is 5.60 Å². The van der Waals surface area contributed by atoms with Crippen LogP contribution >= 0.6 is 0 Å². The van der Waals surface area contributed by atoms with Gasteiger partial charge in [0.15, 0.2) is 6.61 Å². The highest BCUT2D eigenvalue weighted by Crippen LogP contribution is 2.25. The Balaban J connectivity index is 1.70. The molecule has 0 saturated heterocycles. The predicted octanol–water partition coefficient (Wildman–Crippen LogP) is 3.06. The monoisotopic (exact) mass is 317 g/mol. The highest BCUT2D eigenvalue weighted by Gasteiger charge is 2.31. The summed E-state index contributed by atoms with van der Waals surface area (Å²) in [5.74, 6) is 0.676. The molecule has 0 bridgehead atoms. The normalized spacial score (nSPS) is 19.9. The van der Waals surface area contributed by atoms with Crippen LogP contribution in [0.1, 0.15) is 33.6 Å². The van der Waals surface area contributed by atoms with Gasteiger partial charge in [0.25, 0.3) is 0 Å². The number of nitriles is 1. The maximum atomic E-state index is 11.7. The van der Waals surface area contributed by atoms with E-state index in [0.29, 0.717) is 11.8 Å². The Morgan fingerprint density at radius 3 is 2.48 bits per heavy atom. The first kappa shape index (κ1) is 16.9. The van der Waals surface area contributed by atoms with Gasteiger partial charge in [-0.15, -0.1) is 0 Å². The van der Waals surface area contributed by atoms with E-state index in [9.17, 15) is 4.79 Å². The topological polar surface area (TPSA) is 83.4 Å². The fourth-order valence-corrected chi connectivity index (χ4v) is 2.33. The highest BCUT2D eigenvalue weighted by molar-refractivity contribution is 5.68. The molecule has 23 heavy (non-hydrogen) atoms. The van der Waals surface area contributed by atoms with Crippen LogP contribution in [-0.2, 0) is 4.74 Å². The molecule has 6 nitrogen and oxygen atoms in total. The zero-order valence-electron chi connectivity index (χ0n) is 13.8. The first-order valence-corrected chi connectivity index (χ1v) is 7.71. The van der Waals surface area contributed by atoms with E-state index in [-0.39, 0.29) is 18.7 Å². The van der Waals surface area contributed by atoms with Gasteiger partial charge in [0.2, 0.25) is 0 Å². The number of nitrogens with zero attached hydrogens (tertiary/aromatic N) is 1. The summed E-state index contributed by atoms with van der Waals surface area (Å²) in [5, 5.41) is 14.7. The number of benzene rings is 1. The third-order valence-electron chi connectivity index (χ3n) is 3.39. The lowest BCUT2D eigenvalue weighted by molar-refractivity contribution is 0.0475. The van der Waals surface area contributed by atoms with Crippen molar-refractivity contribution in [2.45, 2.75) is 51.3 Å². The number of nitrogens with one attached hydrogen (secondary N) is 2. The summed E-state index contributed by atoms with van der Waals surface area (Å²) < 4.78 is 10.4. The molecule has 0 unspecified atom stereocenters. The van der Waals surface area contributed by atoms with Crippen LogP contribution in [0.15, 0.2) is 24.3 Å². The number of carbonyl (C=O) groups excluding carboxylic acids is 1. The fraction of sp³-hybridized carbons (Fsp3) is 0.529. The SMILES string of the molecule is CC(C)(C)OC(=O)NC1CC(Nc2ccc(OCC#N)cc2)C1. The van der Waals surface area contributed by atoms with Crippen LogP contribution in [0.5, 0.6) is 5.75 Å². The molecule has 0 aliphatic heterocycles. The summed E-state index contributed by atoms with van der Waals surface area (Å²) in [6, 6.07) is 9.91. The molecule has 1 fully saturated rings. The second kappa shape index (κ2) is 7.23. The molecule has 2 N–H and O–H groups in total. The summed E-state index contributed by atoms with van der Waals surface area (Å²) in [7, 11) is 0. The molecule has 1 amide bonds. The first-order chi connectivity index (χ1) is 10.9. The molecule has 0 atom stereocenters. The number of anilines is 1. The fourth-order valence-electron chi connectivity index (χ4n) is 2.33. The van der Waals surface area contributed by atoms with Gasteiger partial charge in [0, 0.05) is 17.8 Å². The van der Waals surface area contributed by atoms with Crippen molar-refractivity contribution >= 4 is 11.8 Å². The van der Waals surface area contributed by atoms with E-state index in [4.69, 9.17) is 14.7 Å². The molecular formula is C17H23N3O3. The van der Waals surface area contributed by atoms with Crippen LogP contribution in [0.25, 0.3) is 0 Å². The number of amides is 1. The van der Waals surface area contributed by atoms with Crippen molar-refractivity contribution in [3.8, 4) is 11.8 Å². The van der Waals surface area contributed by atoms with Crippen molar-refractivity contribution in [1.29, 1.82) is 5.26 Å². The zero-order valence-corrected chi connectivity index (χ0v) is 13.8. The Hall–Kier alpha value is -2.42. The molecule has 2 rings (SSSR count). The third kappa shape index (κ3) is 5.70. The third-order valence-corrected chi connectivity index (χ3v) is 3.39. The van der Waals surface area contributed by atoms with Crippen LogP contribution in [-0.4, -0.2) is 30.4 Å². The molecule has 0 spiro atoms. The number of alkyl carbamates (subject to hydrolysis) is 1. The summed E-state index contributed by atoms with van der Waals surface area (Å²) in [4.78, 5) is 11.7. The van der Waals surface area contributed by atoms with Crippen LogP contribution in [0, 0.1) is 11.3 Å². The van der Waals surface area contributed by atoms with Crippen molar-refractivity contribution < 1.29 is 14.3 Å². The molecule has 0 heterocycles. The highest BCUT2D eigenvalue weighted by atomic mass is 16.6. The van der Waals surface area contributed by atoms with Gasteiger partial charge in [-0.3, -0.25) is 0 Å². The molecule has 1 aliphatic carbocycles. The molecule has 124 valence electrons. The van der Waals surface area contributed by atoms with Gasteiger partial charge in [-0.05, 0) is 57.9 Å². The quantitative estimate of drug-likeness (QED) is 0.872. The van der Waals surface area contributed by atoms with Crippen molar-refractivity contribution in [3.05, 3.63) is 24.3 Å². The molecule has 1 aromatic carbocycles. The lowest BCUT2D eigenvalue weighted by Gasteiger charge is -2.37. The van der Waals surface area contributed by atoms with Crippen LogP contribution in [0.4, 0.5) is 10.5 Å². The number of hydrogen-bond donors (Lipinski definition) is 2. The Kier molecular flexibility index (Phi) is 5.32. The second-order valence-electron chi connectivity index (χ2n) is 6.63. The second-order valence-corrected chi connectivity index (χ2v) is 6.63. The largest absolute Gasteiger partial charge is 0.479 e. The average molecular weight is 317 g/mol. The first-order valence-electron chi connectivity index (χ1n) is 7.71. The Labute approximate surface area is 136 Å². The minimum absolute atomic E-state index is 0.0490. The Morgan fingerprint density at radius 2 is 1.91 bits per heavy atom. The van der Waals surface area contributed by atoms with E-state index in [1.54, 1.807) is 0 Å². The Morgan fingerprint density at radius 1 is 1.26 bits per heavy atom. The minimum atomic E-state index is -0.471. The summed E-state index contributed by atoms with van der Waals surface area (Å²) in [5.41, 5.74) is 0.524. The van der Waals surface area contributed by atoms with Gasteiger partial charge in [-0.1, -0.05) is 0 Å². The van der Waals surface area contributed by atoms with E-state index in [1.165, 1.54) is 0 Å². The summed E-state index contributed by atoms with van der Waals surface area (Å²) >= 11 is 0. The van der Waals surface area contributed by atoms with Crippen LogP contribution in [0.3, 0.4) is 0 Å². The van der Waals surface area contributed by atoms with E-state index in [2.05, 4.69) is 10.6 Å². The van der Waals surface area contributed by atoms with Crippen LogP contribution < -0.4 is 15.4 Å². The number of hydrogen-bond acceptors (Lipinski definition) is 5. The molecule has 0 radical (unpaired) electrons. The van der Waals surface area contributed by atoms with Gasteiger partial charge in [0.1, 0.15) is 17.4 Å². The number of rotatable bonds is 5. The average Bonchev–Trinajstić information content (AvgIpc) is 2.42. The van der Waals surface area contributed by atoms with E-state index in [0.717, 1.165) is 18.5 Å². The minimum Gasteiger partial charge on any atom is -0.479 e. The van der Waals surface area contributed by atoms with Crippen molar-refractivity contribution in [3.63, 3.8) is 0 Å². The number of carbonyl (C=O) groups is 1.